The largest absolute Gasteiger partial charge is 0.350 e. The summed E-state index contributed by atoms with van der Waals surface area (Å²) in [6.07, 6.45) is 3.54. The highest BCUT2D eigenvalue weighted by atomic mass is 16.5. The van der Waals surface area contributed by atoms with E-state index in [1.54, 1.807) is 6.07 Å². The Hall–Kier alpha value is -2.88. The van der Waals surface area contributed by atoms with Crippen LogP contribution in [0, 0.1) is 0 Å². The maximum atomic E-state index is 12.3. The fourth-order valence-electron chi connectivity index (χ4n) is 3.13. The van der Waals surface area contributed by atoms with E-state index in [1.807, 2.05) is 30.3 Å². The van der Waals surface area contributed by atoms with E-state index in [2.05, 4.69) is 28.7 Å². The Bertz CT molecular complexity index is 868. The molecule has 0 radical (unpaired) electrons. The highest BCUT2D eigenvalue weighted by molar-refractivity contribution is 5.92. The van der Waals surface area contributed by atoms with Crippen molar-refractivity contribution in [1.29, 1.82) is 0 Å². The van der Waals surface area contributed by atoms with Crippen molar-refractivity contribution >= 4 is 5.91 Å². The first-order valence-electron chi connectivity index (χ1n) is 8.20. The zero-order valence-corrected chi connectivity index (χ0v) is 13.3. The highest BCUT2D eigenvalue weighted by Gasteiger charge is 2.15. The van der Waals surface area contributed by atoms with Gasteiger partial charge in [0, 0.05) is 18.2 Å². The summed E-state index contributed by atoms with van der Waals surface area (Å²) < 4.78 is 5.18. The molecule has 0 atom stereocenters. The number of rotatable bonds is 4. The third-order valence-electron chi connectivity index (χ3n) is 4.42. The van der Waals surface area contributed by atoms with Crippen LogP contribution in [0.1, 0.15) is 33.7 Å². The fraction of sp³-hybridized carbons (Fsp3) is 0.200. The molecular weight excluding hydrogens is 300 g/mol. The van der Waals surface area contributed by atoms with E-state index in [4.69, 9.17) is 4.52 Å². The van der Waals surface area contributed by atoms with E-state index < -0.39 is 0 Å². The smallest absolute Gasteiger partial charge is 0.290 e. The van der Waals surface area contributed by atoms with E-state index in [9.17, 15) is 4.79 Å². The van der Waals surface area contributed by atoms with Crippen LogP contribution in [0.4, 0.5) is 0 Å². The normalized spacial score (nSPS) is 12.8. The SMILES string of the molecule is O=C(NCc1ccc2c(c1)CCC2)c1cc(-c2ccccc2)no1. The molecule has 0 unspecified atom stereocenters. The van der Waals surface area contributed by atoms with Crippen LogP contribution < -0.4 is 5.32 Å². The number of carbonyl (C=O) groups is 1. The topological polar surface area (TPSA) is 55.1 Å². The summed E-state index contributed by atoms with van der Waals surface area (Å²) in [5, 5.41) is 6.87. The van der Waals surface area contributed by atoms with Gasteiger partial charge >= 0.3 is 0 Å². The first-order chi connectivity index (χ1) is 11.8. The van der Waals surface area contributed by atoms with Gasteiger partial charge in [-0.1, -0.05) is 53.7 Å². The van der Waals surface area contributed by atoms with Crippen molar-refractivity contribution in [3.63, 3.8) is 0 Å². The Morgan fingerprint density at radius 2 is 1.88 bits per heavy atom. The molecule has 4 nitrogen and oxygen atoms in total. The number of nitrogens with zero attached hydrogens (tertiary/aromatic N) is 1. The van der Waals surface area contributed by atoms with Crippen LogP contribution in [0.15, 0.2) is 59.1 Å². The Balaban J connectivity index is 1.42. The lowest BCUT2D eigenvalue weighted by Crippen LogP contribution is -2.22. The Morgan fingerprint density at radius 3 is 2.75 bits per heavy atom. The summed E-state index contributed by atoms with van der Waals surface area (Å²) in [5.74, 6) is -0.0137. The van der Waals surface area contributed by atoms with Crippen LogP contribution in [0.5, 0.6) is 0 Å². The predicted octanol–water partition coefficient (Wildman–Crippen LogP) is 3.76. The van der Waals surface area contributed by atoms with Gasteiger partial charge in [0.1, 0.15) is 5.69 Å². The minimum atomic E-state index is -0.245. The summed E-state index contributed by atoms with van der Waals surface area (Å²) in [6, 6.07) is 17.8. The van der Waals surface area contributed by atoms with Gasteiger partial charge in [-0.05, 0) is 36.0 Å². The lowest BCUT2D eigenvalue weighted by Gasteiger charge is -2.06. The number of aromatic nitrogens is 1. The lowest BCUT2D eigenvalue weighted by atomic mass is 10.1. The van der Waals surface area contributed by atoms with Crippen molar-refractivity contribution in [3.8, 4) is 11.3 Å². The molecule has 1 aliphatic carbocycles. The summed E-state index contributed by atoms with van der Waals surface area (Å²) in [5.41, 5.74) is 5.56. The predicted molar refractivity (Wildman–Crippen MR) is 91.6 cm³/mol. The molecule has 2 aromatic carbocycles. The van der Waals surface area contributed by atoms with Gasteiger partial charge in [0.25, 0.3) is 5.91 Å². The molecule has 1 aromatic heterocycles. The first-order valence-corrected chi connectivity index (χ1v) is 8.20. The maximum absolute atomic E-state index is 12.3. The molecule has 4 rings (SSSR count). The van der Waals surface area contributed by atoms with Gasteiger partial charge < -0.3 is 9.84 Å². The average molecular weight is 318 g/mol. The summed E-state index contributed by atoms with van der Waals surface area (Å²) in [6.45, 7) is 0.494. The summed E-state index contributed by atoms with van der Waals surface area (Å²) in [4.78, 5) is 12.3. The van der Waals surface area contributed by atoms with Crippen molar-refractivity contribution in [1.82, 2.24) is 10.5 Å². The van der Waals surface area contributed by atoms with Crippen LogP contribution in [0.25, 0.3) is 11.3 Å². The van der Waals surface area contributed by atoms with Crippen molar-refractivity contribution in [2.24, 2.45) is 0 Å². The quantitative estimate of drug-likeness (QED) is 0.797. The number of hydrogen-bond acceptors (Lipinski definition) is 3. The second kappa shape index (κ2) is 6.32. The maximum Gasteiger partial charge on any atom is 0.290 e. The summed E-state index contributed by atoms with van der Waals surface area (Å²) >= 11 is 0. The number of carbonyl (C=O) groups excluding carboxylic acids is 1. The number of fused-ring (bicyclic) bond motifs is 1. The minimum Gasteiger partial charge on any atom is -0.350 e. The number of amides is 1. The van der Waals surface area contributed by atoms with Crippen LogP contribution in [0.3, 0.4) is 0 Å². The Morgan fingerprint density at radius 1 is 1.04 bits per heavy atom. The zero-order valence-electron chi connectivity index (χ0n) is 13.3. The van der Waals surface area contributed by atoms with Crippen LogP contribution in [0.2, 0.25) is 0 Å². The van der Waals surface area contributed by atoms with Gasteiger partial charge in [-0.2, -0.15) is 0 Å². The van der Waals surface area contributed by atoms with Gasteiger partial charge in [-0.3, -0.25) is 4.79 Å². The van der Waals surface area contributed by atoms with Gasteiger partial charge in [0.15, 0.2) is 0 Å². The van der Waals surface area contributed by atoms with E-state index in [-0.39, 0.29) is 11.7 Å². The molecular formula is C20H18N2O2. The molecule has 120 valence electrons. The van der Waals surface area contributed by atoms with Gasteiger partial charge in [-0.25, -0.2) is 0 Å². The molecule has 1 aliphatic rings. The van der Waals surface area contributed by atoms with E-state index in [1.165, 1.54) is 24.0 Å². The lowest BCUT2D eigenvalue weighted by molar-refractivity contribution is 0.0914. The zero-order chi connectivity index (χ0) is 16.4. The number of benzene rings is 2. The molecule has 24 heavy (non-hydrogen) atoms. The van der Waals surface area contributed by atoms with Crippen LogP contribution in [-0.4, -0.2) is 11.1 Å². The van der Waals surface area contributed by atoms with Crippen LogP contribution >= 0.6 is 0 Å². The number of hydrogen-bond donors (Lipinski definition) is 1. The monoisotopic (exact) mass is 318 g/mol. The van der Waals surface area contributed by atoms with Crippen molar-refractivity contribution in [2.45, 2.75) is 25.8 Å². The van der Waals surface area contributed by atoms with E-state index in [0.29, 0.717) is 12.2 Å². The standard InChI is InChI=1S/C20H18N2O2/c23-20(19-12-18(22-24-19)16-5-2-1-3-6-16)21-13-14-9-10-15-7-4-8-17(15)11-14/h1-3,5-6,9-12H,4,7-8,13H2,(H,21,23). The second-order valence-corrected chi connectivity index (χ2v) is 6.08. The molecule has 1 amide bonds. The third-order valence-corrected chi connectivity index (χ3v) is 4.42. The van der Waals surface area contributed by atoms with Gasteiger partial charge in [0.2, 0.25) is 5.76 Å². The van der Waals surface area contributed by atoms with Crippen molar-refractivity contribution < 1.29 is 9.32 Å². The van der Waals surface area contributed by atoms with Gasteiger partial charge in [-0.15, -0.1) is 0 Å². The van der Waals surface area contributed by atoms with Crippen molar-refractivity contribution in [2.75, 3.05) is 0 Å². The molecule has 1 heterocycles. The number of aryl methyl sites for hydroxylation is 2. The summed E-state index contributed by atoms with van der Waals surface area (Å²) in [7, 11) is 0. The molecule has 0 bridgehead atoms. The Kier molecular flexibility index (Phi) is 3.87. The van der Waals surface area contributed by atoms with Crippen molar-refractivity contribution in [3.05, 3.63) is 77.0 Å². The molecule has 0 spiro atoms. The fourth-order valence-corrected chi connectivity index (χ4v) is 3.13. The molecule has 0 fully saturated rings. The molecule has 0 aliphatic heterocycles. The highest BCUT2D eigenvalue weighted by Crippen LogP contribution is 2.23. The molecule has 1 N–H and O–H groups in total. The van der Waals surface area contributed by atoms with Crippen LogP contribution in [-0.2, 0) is 19.4 Å². The number of nitrogens with one attached hydrogen (secondary N) is 1. The molecule has 4 heteroatoms. The minimum absolute atomic E-state index is 0.231. The van der Waals surface area contributed by atoms with E-state index >= 15 is 0 Å². The van der Waals surface area contributed by atoms with Gasteiger partial charge in [0.05, 0.1) is 0 Å². The van der Waals surface area contributed by atoms with E-state index in [0.717, 1.165) is 17.5 Å². The molecule has 0 saturated carbocycles. The third kappa shape index (κ3) is 2.95. The molecule has 3 aromatic rings. The average Bonchev–Trinajstić information content (AvgIpc) is 3.29. The molecule has 0 saturated heterocycles. The second-order valence-electron chi connectivity index (χ2n) is 6.08. The Labute approximate surface area is 140 Å². The first kappa shape index (κ1) is 14.7.